The highest BCUT2D eigenvalue weighted by Gasteiger charge is 2.49. The highest BCUT2D eigenvalue weighted by atomic mass is 19.3. The van der Waals surface area contributed by atoms with E-state index in [1.807, 2.05) is 6.92 Å². The molecule has 2 aromatic carbocycles. The molecule has 2 aliphatic heterocycles. The van der Waals surface area contributed by atoms with Crippen LogP contribution in [0.15, 0.2) is 36.4 Å². The normalized spacial score (nSPS) is 20.5. The first-order chi connectivity index (χ1) is 28.7. The van der Waals surface area contributed by atoms with E-state index in [4.69, 9.17) is 4.98 Å². The number of benzene rings is 2. The lowest BCUT2D eigenvalue weighted by Gasteiger charge is -2.29. The molecule has 2 saturated heterocycles. The van der Waals surface area contributed by atoms with Crippen molar-refractivity contribution in [3.8, 4) is 11.5 Å². The first-order valence-electron chi connectivity index (χ1n) is 20.4. The number of nitrogens with one attached hydrogen (secondary N) is 5. The second-order valence-electron chi connectivity index (χ2n) is 16.0. The summed E-state index contributed by atoms with van der Waals surface area (Å²) in [7, 11) is 4.88. The molecule has 4 aromatic rings. The maximum absolute atomic E-state index is 15.1. The van der Waals surface area contributed by atoms with Gasteiger partial charge >= 0.3 is 0 Å². The number of aldehydes is 1. The Morgan fingerprint density at radius 1 is 0.885 bits per heavy atom. The summed E-state index contributed by atoms with van der Waals surface area (Å²) in [6, 6.07) is 4.06. The van der Waals surface area contributed by atoms with Crippen molar-refractivity contribution in [2.75, 3.05) is 34.2 Å². The first kappa shape index (κ1) is 47.0. The van der Waals surface area contributed by atoms with Crippen molar-refractivity contribution in [1.29, 1.82) is 0 Å². The zero-order chi connectivity index (χ0) is 45.0. The van der Waals surface area contributed by atoms with Crippen LogP contribution in [0.3, 0.4) is 0 Å². The van der Waals surface area contributed by atoms with Crippen LogP contribution in [-0.4, -0.2) is 131 Å². The number of likely N-dealkylation sites (tertiary alicyclic amines) is 2. The minimum absolute atomic E-state index is 0.0573. The second-order valence-corrected chi connectivity index (χ2v) is 16.0. The van der Waals surface area contributed by atoms with Gasteiger partial charge in [-0.2, -0.15) is 0 Å². The van der Waals surface area contributed by atoms with E-state index in [1.54, 1.807) is 51.4 Å². The third-order valence-electron chi connectivity index (χ3n) is 11.5. The Labute approximate surface area is 350 Å². The third kappa shape index (κ3) is 10.9. The second kappa shape index (κ2) is 19.4. The number of rotatable bonds is 15. The topological polar surface area (TPSA) is 156 Å². The molecule has 0 spiro atoms. The predicted molar refractivity (Wildman–Crippen MR) is 219 cm³/mol. The van der Waals surface area contributed by atoms with Crippen LogP contribution < -0.4 is 21.3 Å². The van der Waals surface area contributed by atoms with Gasteiger partial charge < -0.3 is 40.5 Å². The van der Waals surface area contributed by atoms with Gasteiger partial charge in [0.05, 0.1) is 47.9 Å². The molecule has 6 rings (SSSR count). The van der Waals surface area contributed by atoms with Crippen LogP contribution in [0.5, 0.6) is 0 Å². The largest absolute Gasteiger partial charge is 0.352 e. The Bertz CT molecular complexity index is 2210. The number of nitrogens with zero attached hydrogens (tertiary/aromatic N) is 4. The number of amides is 3. The Kier molecular flexibility index (Phi) is 14.9. The molecule has 2 aromatic heterocycles. The van der Waals surface area contributed by atoms with Gasteiger partial charge in [-0.1, -0.05) is 13.8 Å². The van der Waals surface area contributed by atoms with Gasteiger partial charge in [-0.3, -0.25) is 19.3 Å². The number of fused-ring (bicyclic) bond motifs is 2. The fraction of sp³-hybridized carbons (Fsp3) is 0.548. The lowest BCUT2D eigenvalue weighted by molar-refractivity contribution is -0.138. The Morgan fingerprint density at radius 2 is 1.49 bits per heavy atom. The Balaban J connectivity index is 0.000000512. The minimum Gasteiger partial charge on any atom is -0.352 e. The Hall–Kier alpha value is -5.01. The molecule has 2 fully saturated rings. The van der Waals surface area contributed by atoms with Crippen LogP contribution in [0.25, 0.3) is 33.5 Å². The van der Waals surface area contributed by atoms with Crippen molar-refractivity contribution < 1.29 is 45.5 Å². The summed E-state index contributed by atoms with van der Waals surface area (Å²) >= 11 is 0. The van der Waals surface area contributed by atoms with E-state index in [9.17, 15) is 36.7 Å². The van der Waals surface area contributed by atoms with Crippen molar-refractivity contribution in [3.05, 3.63) is 53.6 Å². The molecule has 6 atom stereocenters. The molecule has 13 nitrogen and oxygen atoms in total. The van der Waals surface area contributed by atoms with Crippen molar-refractivity contribution >= 4 is 45.9 Å². The number of alkyl halides is 4. The van der Waals surface area contributed by atoms with E-state index in [1.165, 1.54) is 36.4 Å². The first-order valence-corrected chi connectivity index (χ1v) is 20.4. The van der Waals surface area contributed by atoms with Gasteiger partial charge in [0.1, 0.15) is 24.0 Å². The zero-order valence-electron chi connectivity index (χ0n) is 35.4. The van der Waals surface area contributed by atoms with Gasteiger partial charge in [0, 0.05) is 48.4 Å². The standard InChI is InChI=1S/C34H39F6N7O2.C8H16N2O2/c1-5-25(44-31(48)18(2)41-3)32(49)47-17-34(39,40)13-21(47)12-24-23-8-6-19(35)10-26(23)42-29(24)30-43-27-11-20(36)7-9-28(27)46(30)15-22-14-33(37,38)16-45(22)4;1-4-7(5-11)10-8(12)6(2)9-3/h6-11,18,21-22,25,41-42H,5,12-17H2,1-4H3,(H,44,48);5-7,9H,4H2,1-3H3,(H,10,12). The van der Waals surface area contributed by atoms with Gasteiger partial charge in [0.2, 0.25) is 17.7 Å². The van der Waals surface area contributed by atoms with E-state index in [2.05, 4.69) is 26.3 Å². The van der Waals surface area contributed by atoms with Crippen LogP contribution >= 0.6 is 0 Å². The summed E-state index contributed by atoms with van der Waals surface area (Å²) < 4.78 is 89.7. The number of aromatic nitrogens is 3. The molecular formula is C42H55F6N9O4. The van der Waals surface area contributed by atoms with Gasteiger partial charge in [-0.05, 0) is 90.1 Å². The zero-order valence-corrected chi connectivity index (χ0v) is 35.4. The molecule has 0 radical (unpaired) electrons. The highest BCUT2D eigenvalue weighted by molar-refractivity contribution is 5.93. The van der Waals surface area contributed by atoms with Crippen LogP contribution in [0, 0.1) is 11.6 Å². The monoisotopic (exact) mass is 863 g/mol. The van der Waals surface area contributed by atoms with Gasteiger partial charge in [-0.25, -0.2) is 31.3 Å². The summed E-state index contributed by atoms with van der Waals surface area (Å²) in [5.41, 5.74) is 1.83. The summed E-state index contributed by atoms with van der Waals surface area (Å²) in [6.45, 7) is 5.65. The fourth-order valence-corrected chi connectivity index (χ4v) is 7.79. The quantitative estimate of drug-likeness (QED) is 0.0846. The van der Waals surface area contributed by atoms with Crippen LogP contribution in [0.4, 0.5) is 26.3 Å². The number of carbonyl (C=O) groups is 4. The van der Waals surface area contributed by atoms with E-state index in [0.717, 1.165) is 11.2 Å². The number of H-pyrrole nitrogens is 1. The molecule has 19 heteroatoms. The molecule has 3 amide bonds. The Morgan fingerprint density at radius 3 is 2.08 bits per heavy atom. The number of hydrogen-bond acceptors (Lipinski definition) is 8. The van der Waals surface area contributed by atoms with E-state index in [0.29, 0.717) is 34.1 Å². The lowest BCUT2D eigenvalue weighted by Crippen LogP contribution is -2.53. The summed E-state index contributed by atoms with van der Waals surface area (Å²) in [5, 5.41) is 11.3. The summed E-state index contributed by atoms with van der Waals surface area (Å²) in [5.74, 6) is -8.25. The van der Waals surface area contributed by atoms with Gasteiger partial charge in [0.15, 0.2) is 5.82 Å². The fourth-order valence-electron chi connectivity index (χ4n) is 7.79. The molecule has 334 valence electrons. The van der Waals surface area contributed by atoms with E-state index < -0.39 is 85.4 Å². The number of aromatic amines is 1. The number of likely N-dealkylation sites (N-methyl/N-ethyl adjacent to an activating group) is 3. The smallest absolute Gasteiger partial charge is 0.267 e. The van der Waals surface area contributed by atoms with Crippen LogP contribution in [-0.2, 0) is 32.1 Å². The minimum atomic E-state index is -3.22. The molecule has 2 aliphatic rings. The maximum Gasteiger partial charge on any atom is 0.267 e. The third-order valence-corrected chi connectivity index (χ3v) is 11.5. The van der Waals surface area contributed by atoms with Crippen molar-refractivity contribution in [1.82, 2.24) is 45.6 Å². The van der Waals surface area contributed by atoms with Crippen molar-refractivity contribution in [2.24, 2.45) is 0 Å². The molecule has 0 aliphatic carbocycles. The lowest BCUT2D eigenvalue weighted by atomic mass is 9.99. The van der Waals surface area contributed by atoms with E-state index in [-0.39, 0.29) is 48.7 Å². The molecule has 0 saturated carbocycles. The average Bonchev–Trinajstić information content (AvgIpc) is 3.92. The molecule has 4 heterocycles. The predicted octanol–water partition coefficient (Wildman–Crippen LogP) is 4.77. The number of carbonyl (C=O) groups excluding carboxylic acids is 4. The SMILES string of the molecule is CCC(C=O)NC(=O)C(C)NC.CCC(NC(=O)C(C)NC)C(=O)N1CC(F)(F)CC1Cc1c(-c2nc3cc(F)ccc3n2CC2CC(F)(F)CN2C)[nH]c2cc(F)ccc12. The molecule has 61 heavy (non-hydrogen) atoms. The van der Waals surface area contributed by atoms with Crippen molar-refractivity contribution in [3.63, 3.8) is 0 Å². The molecule has 0 bridgehead atoms. The number of halogens is 6. The number of hydrogen-bond donors (Lipinski definition) is 5. The van der Waals surface area contributed by atoms with Crippen LogP contribution in [0.2, 0.25) is 0 Å². The van der Waals surface area contributed by atoms with E-state index >= 15 is 8.78 Å². The maximum atomic E-state index is 15.1. The van der Waals surface area contributed by atoms with Crippen LogP contribution in [0.1, 0.15) is 58.9 Å². The molecular weight excluding hydrogens is 809 g/mol. The van der Waals surface area contributed by atoms with Crippen molar-refractivity contribution in [2.45, 2.75) is 114 Å². The summed E-state index contributed by atoms with van der Waals surface area (Å²) in [6.07, 6.45) is 0.380. The van der Waals surface area contributed by atoms with Gasteiger partial charge in [0.25, 0.3) is 11.8 Å². The number of imidazole rings is 1. The average molecular weight is 864 g/mol. The highest BCUT2D eigenvalue weighted by Crippen LogP contribution is 2.40. The molecule has 6 unspecified atom stereocenters. The summed E-state index contributed by atoms with van der Waals surface area (Å²) in [4.78, 5) is 58.4. The van der Waals surface area contributed by atoms with Gasteiger partial charge in [-0.15, -0.1) is 0 Å². The molecule has 5 N–H and O–H groups in total.